The van der Waals surface area contributed by atoms with Crippen LogP contribution < -0.4 is 4.74 Å². The van der Waals surface area contributed by atoms with Crippen LogP contribution in [0.5, 0.6) is 5.75 Å². The van der Waals surface area contributed by atoms with Crippen molar-refractivity contribution >= 4 is 17.7 Å². The lowest BCUT2D eigenvalue weighted by atomic mass is 9.55. The highest BCUT2D eigenvalue weighted by Gasteiger charge is 2.54. The molecule has 6 nitrogen and oxygen atoms in total. The summed E-state index contributed by atoms with van der Waals surface area (Å²) >= 11 is 0. The highest BCUT2D eigenvalue weighted by Crippen LogP contribution is 2.59. The molecule has 3 aliphatic rings. The van der Waals surface area contributed by atoms with E-state index in [4.69, 9.17) is 14.2 Å². The number of carbonyl (C=O) groups excluding carboxylic acids is 3. The van der Waals surface area contributed by atoms with Gasteiger partial charge in [-0.15, -0.1) is 0 Å². The molecule has 0 bridgehead atoms. The minimum absolute atomic E-state index is 0.0849. The first-order chi connectivity index (χ1) is 16.3. The predicted molar refractivity (Wildman–Crippen MR) is 128 cm³/mol. The smallest absolute Gasteiger partial charge is 0.302 e. The van der Waals surface area contributed by atoms with Crippen LogP contribution in [0.2, 0.25) is 0 Å². The molecule has 2 saturated carbocycles. The Bertz CT molecular complexity index is 923. The second-order valence-corrected chi connectivity index (χ2v) is 10.5. The Balaban J connectivity index is 1.32. The van der Waals surface area contributed by atoms with Gasteiger partial charge in [-0.3, -0.25) is 14.4 Å². The van der Waals surface area contributed by atoms with E-state index in [1.807, 2.05) is 0 Å². The topological polar surface area (TPSA) is 78.9 Å². The average molecular weight is 471 g/mol. The summed E-state index contributed by atoms with van der Waals surface area (Å²) in [5, 5.41) is 0. The van der Waals surface area contributed by atoms with E-state index in [1.54, 1.807) is 0 Å². The summed E-state index contributed by atoms with van der Waals surface area (Å²) in [5.41, 5.74) is 2.75. The van der Waals surface area contributed by atoms with Gasteiger partial charge in [-0.2, -0.15) is 0 Å². The first-order valence-electron chi connectivity index (χ1n) is 12.9. The van der Waals surface area contributed by atoms with E-state index < -0.39 is 0 Å². The Morgan fingerprint density at radius 2 is 1.88 bits per heavy atom. The third kappa shape index (κ3) is 5.31. The highest BCUT2D eigenvalue weighted by atomic mass is 16.5. The Labute approximate surface area is 202 Å². The van der Waals surface area contributed by atoms with Crippen LogP contribution in [0.1, 0.15) is 89.2 Å². The molecule has 1 aromatic carbocycles. The molecule has 0 aliphatic heterocycles. The molecule has 0 heterocycles. The van der Waals surface area contributed by atoms with E-state index in [9.17, 15) is 14.4 Å². The number of hydrogen-bond acceptors (Lipinski definition) is 6. The standard InChI is InChI=1S/C28H38O6/c1-18(29)32-15-4-5-21(34-19(2)30)13-16-33-22-7-9-23-20(17-22)6-8-25-24(23)12-14-28(3)26(25)10-11-27(28)31/h7,9,17,21,24-26H,4-6,8,10-16H2,1-3H3/t21-,24-,25-,26+,28+/m1/s1. The molecule has 3 aliphatic carbocycles. The number of Topliss-reactive ketones (excluding diaryl/α,β-unsaturated/α-hetero) is 1. The second kappa shape index (κ2) is 10.5. The molecule has 0 amide bonds. The molecule has 0 spiro atoms. The summed E-state index contributed by atoms with van der Waals surface area (Å²) in [5.74, 6) is 2.47. The van der Waals surface area contributed by atoms with Gasteiger partial charge >= 0.3 is 11.9 Å². The highest BCUT2D eigenvalue weighted by molar-refractivity contribution is 5.87. The Morgan fingerprint density at radius 3 is 2.65 bits per heavy atom. The number of aryl methyl sites for hydroxylation is 1. The number of ketones is 1. The molecule has 2 fully saturated rings. The van der Waals surface area contributed by atoms with Crippen LogP contribution in [-0.4, -0.2) is 37.0 Å². The third-order valence-electron chi connectivity index (χ3n) is 8.42. The lowest BCUT2D eigenvalue weighted by molar-refractivity contribution is -0.148. The van der Waals surface area contributed by atoms with Gasteiger partial charge in [-0.05, 0) is 86.0 Å². The van der Waals surface area contributed by atoms with Crippen molar-refractivity contribution in [3.05, 3.63) is 29.3 Å². The number of esters is 2. The van der Waals surface area contributed by atoms with Crippen LogP contribution in [0.3, 0.4) is 0 Å². The van der Waals surface area contributed by atoms with E-state index in [-0.39, 0.29) is 23.5 Å². The molecule has 34 heavy (non-hydrogen) atoms. The first kappa shape index (κ1) is 24.7. The number of benzene rings is 1. The number of hydrogen-bond donors (Lipinski definition) is 0. The predicted octanol–water partition coefficient (Wildman–Crippen LogP) is 5.16. The van der Waals surface area contributed by atoms with Gasteiger partial charge in [0, 0.05) is 32.1 Å². The maximum Gasteiger partial charge on any atom is 0.302 e. The number of fused-ring (bicyclic) bond motifs is 5. The van der Waals surface area contributed by atoms with Crippen molar-refractivity contribution in [1.82, 2.24) is 0 Å². The van der Waals surface area contributed by atoms with Crippen molar-refractivity contribution in [1.29, 1.82) is 0 Å². The van der Waals surface area contributed by atoms with Gasteiger partial charge in [0.05, 0.1) is 13.2 Å². The molecule has 0 N–H and O–H groups in total. The van der Waals surface area contributed by atoms with Crippen LogP contribution in [0.15, 0.2) is 18.2 Å². The van der Waals surface area contributed by atoms with E-state index in [2.05, 4.69) is 25.1 Å². The third-order valence-corrected chi connectivity index (χ3v) is 8.42. The Morgan fingerprint density at radius 1 is 1.06 bits per heavy atom. The van der Waals surface area contributed by atoms with E-state index in [0.29, 0.717) is 56.0 Å². The molecular formula is C28H38O6. The number of ether oxygens (including phenoxy) is 3. The minimum Gasteiger partial charge on any atom is -0.493 e. The first-order valence-corrected chi connectivity index (χ1v) is 12.9. The molecule has 4 rings (SSSR count). The molecule has 0 unspecified atom stereocenters. The van der Waals surface area contributed by atoms with Gasteiger partial charge in [0.1, 0.15) is 17.6 Å². The zero-order valence-electron chi connectivity index (χ0n) is 20.8. The number of carbonyl (C=O) groups is 3. The zero-order valence-corrected chi connectivity index (χ0v) is 20.8. The van der Waals surface area contributed by atoms with Crippen molar-refractivity contribution in [3.63, 3.8) is 0 Å². The minimum atomic E-state index is -0.312. The van der Waals surface area contributed by atoms with E-state index in [1.165, 1.54) is 25.0 Å². The summed E-state index contributed by atoms with van der Waals surface area (Å²) in [6.07, 6.45) is 7.77. The lowest BCUT2D eigenvalue weighted by Gasteiger charge is -2.48. The van der Waals surface area contributed by atoms with Crippen LogP contribution in [-0.2, 0) is 30.3 Å². The largest absolute Gasteiger partial charge is 0.493 e. The second-order valence-electron chi connectivity index (χ2n) is 10.5. The van der Waals surface area contributed by atoms with Gasteiger partial charge < -0.3 is 14.2 Å². The van der Waals surface area contributed by atoms with Crippen molar-refractivity contribution in [3.8, 4) is 5.75 Å². The number of rotatable bonds is 9. The van der Waals surface area contributed by atoms with Gasteiger partial charge in [-0.25, -0.2) is 0 Å². The summed E-state index contributed by atoms with van der Waals surface area (Å²) in [7, 11) is 0. The van der Waals surface area contributed by atoms with Crippen LogP contribution in [0.4, 0.5) is 0 Å². The fourth-order valence-corrected chi connectivity index (χ4v) is 6.75. The summed E-state index contributed by atoms with van der Waals surface area (Å²) in [4.78, 5) is 34.9. The Kier molecular flexibility index (Phi) is 7.63. The van der Waals surface area contributed by atoms with Crippen molar-refractivity contribution in [2.24, 2.45) is 17.3 Å². The Hall–Kier alpha value is -2.37. The van der Waals surface area contributed by atoms with E-state index >= 15 is 0 Å². The van der Waals surface area contributed by atoms with Crippen LogP contribution in [0, 0.1) is 17.3 Å². The molecule has 5 atom stereocenters. The quantitative estimate of drug-likeness (QED) is 0.367. The monoisotopic (exact) mass is 470 g/mol. The molecule has 0 radical (unpaired) electrons. The molecule has 6 heteroatoms. The molecule has 186 valence electrons. The lowest BCUT2D eigenvalue weighted by Crippen LogP contribution is -2.42. The molecular weight excluding hydrogens is 432 g/mol. The van der Waals surface area contributed by atoms with Crippen LogP contribution >= 0.6 is 0 Å². The van der Waals surface area contributed by atoms with Crippen molar-refractivity contribution < 1.29 is 28.6 Å². The molecule has 1 aromatic rings. The van der Waals surface area contributed by atoms with Crippen LogP contribution in [0.25, 0.3) is 0 Å². The van der Waals surface area contributed by atoms with Crippen molar-refractivity contribution in [2.75, 3.05) is 13.2 Å². The summed E-state index contributed by atoms with van der Waals surface area (Å²) in [6, 6.07) is 6.49. The van der Waals surface area contributed by atoms with Crippen molar-refractivity contribution in [2.45, 2.75) is 90.6 Å². The summed E-state index contributed by atoms with van der Waals surface area (Å²) < 4.78 is 16.4. The zero-order chi connectivity index (χ0) is 24.3. The molecule has 0 aromatic heterocycles. The maximum absolute atomic E-state index is 12.5. The normalized spacial score (nSPS) is 28.3. The SMILES string of the molecule is CC(=O)OCCC[C@H](CCOc1ccc2c(c1)CC[C@@H]1[C@@H]2CC[C@]2(C)C(=O)CC[C@@H]12)OC(C)=O. The van der Waals surface area contributed by atoms with E-state index in [0.717, 1.165) is 44.3 Å². The van der Waals surface area contributed by atoms with Gasteiger partial charge in [0.15, 0.2) is 0 Å². The fraction of sp³-hybridized carbons (Fsp3) is 0.679. The van der Waals surface area contributed by atoms with Gasteiger partial charge in [0.25, 0.3) is 0 Å². The summed E-state index contributed by atoms with van der Waals surface area (Å²) in [6.45, 7) is 5.80. The average Bonchev–Trinajstić information content (AvgIpc) is 3.10. The van der Waals surface area contributed by atoms with Gasteiger partial charge in [-0.1, -0.05) is 13.0 Å². The van der Waals surface area contributed by atoms with Gasteiger partial charge in [0.2, 0.25) is 0 Å². The maximum atomic E-state index is 12.5. The molecule has 0 saturated heterocycles. The fourth-order valence-electron chi connectivity index (χ4n) is 6.75.